The number of fused-ring (bicyclic) bond motifs is 1. The van der Waals surface area contributed by atoms with E-state index in [2.05, 4.69) is 26.3 Å². The number of benzene rings is 1. The van der Waals surface area contributed by atoms with Crippen LogP contribution in [0.2, 0.25) is 0 Å². The van der Waals surface area contributed by atoms with Gasteiger partial charge in [-0.15, -0.1) is 0 Å². The number of hydrogen-bond donors (Lipinski definition) is 2. The van der Waals surface area contributed by atoms with E-state index in [-0.39, 0.29) is 5.82 Å². The summed E-state index contributed by atoms with van der Waals surface area (Å²) >= 11 is 3.23. The molecule has 1 heterocycles. The van der Waals surface area contributed by atoms with Crippen molar-refractivity contribution in [3.63, 3.8) is 0 Å². The summed E-state index contributed by atoms with van der Waals surface area (Å²) in [6.07, 6.45) is 0. The maximum Gasteiger partial charge on any atom is 0.150 e. The lowest BCUT2D eigenvalue weighted by molar-refractivity contribution is 0.635. The van der Waals surface area contributed by atoms with Crippen LogP contribution in [0.15, 0.2) is 22.7 Å². The Morgan fingerprint density at radius 3 is 2.80 bits per heavy atom. The van der Waals surface area contributed by atoms with Gasteiger partial charge in [0.1, 0.15) is 5.52 Å². The fourth-order valence-corrected chi connectivity index (χ4v) is 1.93. The highest BCUT2D eigenvalue weighted by Gasteiger charge is 2.08. The fraction of sp³-hybridized carbons (Fsp3) is 0.100. The van der Waals surface area contributed by atoms with Crippen LogP contribution in [0.25, 0.3) is 10.9 Å². The summed E-state index contributed by atoms with van der Waals surface area (Å²) in [6.45, 7) is 1.79. The molecule has 1 aromatic carbocycles. The highest BCUT2D eigenvalue weighted by atomic mass is 79.9. The number of hydrogen-bond acceptors (Lipinski definition) is 3. The SMILES string of the molecule is Cc1cc(NN)c2cc(Br)cc(F)c2n1. The minimum atomic E-state index is -0.362. The number of nitrogens with zero attached hydrogens (tertiary/aromatic N) is 1. The molecule has 0 fully saturated rings. The zero-order valence-corrected chi connectivity index (χ0v) is 9.60. The van der Waals surface area contributed by atoms with Crippen molar-refractivity contribution in [3.05, 3.63) is 34.2 Å². The van der Waals surface area contributed by atoms with Gasteiger partial charge in [-0.1, -0.05) is 15.9 Å². The molecule has 5 heteroatoms. The van der Waals surface area contributed by atoms with Gasteiger partial charge in [-0.3, -0.25) is 5.84 Å². The number of rotatable bonds is 1. The fourth-order valence-electron chi connectivity index (χ4n) is 1.50. The van der Waals surface area contributed by atoms with Crippen LogP contribution < -0.4 is 11.3 Å². The number of anilines is 1. The van der Waals surface area contributed by atoms with Crippen molar-refractivity contribution in [2.75, 3.05) is 5.43 Å². The molecular formula is C10H9BrFN3. The van der Waals surface area contributed by atoms with Gasteiger partial charge >= 0.3 is 0 Å². The van der Waals surface area contributed by atoms with Gasteiger partial charge in [0.15, 0.2) is 5.82 Å². The van der Waals surface area contributed by atoms with Gasteiger partial charge < -0.3 is 5.43 Å². The Kier molecular flexibility index (Phi) is 2.58. The number of aryl methyl sites for hydroxylation is 1. The van der Waals surface area contributed by atoms with E-state index in [9.17, 15) is 4.39 Å². The maximum absolute atomic E-state index is 13.6. The lowest BCUT2D eigenvalue weighted by Gasteiger charge is -2.08. The summed E-state index contributed by atoms with van der Waals surface area (Å²) in [4.78, 5) is 4.13. The first-order valence-corrected chi connectivity index (χ1v) is 5.14. The van der Waals surface area contributed by atoms with Crippen molar-refractivity contribution < 1.29 is 4.39 Å². The molecule has 0 bridgehead atoms. The van der Waals surface area contributed by atoms with E-state index >= 15 is 0 Å². The number of aromatic nitrogens is 1. The summed E-state index contributed by atoms with van der Waals surface area (Å²) in [5.41, 5.74) is 4.25. The number of nitrogen functional groups attached to an aromatic ring is 1. The molecule has 15 heavy (non-hydrogen) atoms. The smallest absolute Gasteiger partial charge is 0.150 e. The summed E-state index contributed by atoms with van der Waals surface area (Å²) in [5.74, 6) is 5.01. The van der Waals surface area contributed by atoms with Crippen LogP contribution in [-0.4, -0.2) is 4.98 Å². The molecule has 78 valence electrons. The average Bonchev–Trinajstić information content (AvgIpc) is 2.18. The van der Waals surface area contributed by atoms with Gasteiger partial charge in [0.2, 0.25) is 0 Å². The number of pyridine rings is 1. The van der Waals surface area contributed by atoms with Crippen LogP contribution in [-0.2, 0) is 0 Å². The zero-order valence-electron chi connectivity index (χ0n) is 8.01. The summed E-state index contributed by atoms with van der Waals surface area (Å²) in [5, 5.41) is 0.662. The van der Waals surface area contributed by atoms with Crippen molar-refractivity contribution >= 4 is 32.5 Å². The molecule has 0 aliphatic heterocycles. The molecule has 3 N–H and O–H groups in total. The van der Waals surface area contributed by atoms with E-state index in [1.165, 1.54) is 6.07 Å². The third-order valence-corrected chi connectivity index (χ3v) is 2.57. The van der Waals surface area contributed by atoms with Crippen LogP contribution in [0.3, 0.4) is 0 Å². The van der Waals surface area contributed by atoms with E-state index in [1.807, 2.05) is 0 Å². The van der Waals surface area contributed by atoms with Gasteiger partial charge in [-0.05, 0) is 25.1 Å². The Morgan fingerprint density at radius 1 is 1.40 bits per heavy atom. The van der Waals surface area contributed by atoms with Crippen molar-refractivity contribution in [2.45, 2.75) is 6.92 Å². The number of nitrogens with one attached hydrogen (secondary N) is 1. The summed E-state index contributed by atoms with van der Waals surface area (Å²) in [7, 11) is 0. The third-order valence-electron chi connectivity index (χ3n) is 2.12. The summed E-state index contributed by atoms with van der Waals surface area (Å²) < 4.78 is 14.2. The Bertz CT molecular complexity index is 528. The minimum Gasteiger partial charge on any atom is -0.323 e. The first-order valence-electron chi connectivity index (χ1n) is 4.35. The van der Waals surface area contributed by atoms with Crippen LogP contribution in [0.4, 0.5) is 10.1 Å². The molecule has 3 nitrogen and oxygen atoms in total. The molecule has 0 saturated carbocycles. The second-order valence-corrected chi connectivity index (χ2v) is 4.15. The lowest BCUT2D eigenvalue weighted by Crippen LogP contribution is -2.08. The predicted molar refractivity (Wildman–Crippen MR) is 61.9 cm³/mol. The first-order chi connectivity index (χ1) is 7.11. The topological polar surface area (TPSA) is 50.9 Å². The lowest BCUT2D eigenvalue weighted by atomic mass is 10.1. The van der Waals surface area contributed by atoms with Crippen molar-refractivity contribution in [2.24, 2.45) is 5.84 Å². The zero-order chi connectivity index (χ0) is 11.0. The Balaban J connectivity index is 2.89. The number of hydrazine groups is 1. The van der Waals surface area contributed by atoms with Crippen LogP contribution >= 0.6 is 15.9 Å². The van der Waals surface area contributed by atoms with Crippen LogP contribution in [0.1, 0.15) is 5.69 Å². The maximum atomic E-state index is 13.6. The Hall–Kier alpha value is -1.20. The Labute approximate surface area is 94.6 Å². The van der Waals surface area contributed by atoms with Crippen molar-refractivity contribution in [3.8, 4) is 0 Å². The molecule has 2 rings (SSSR count). The van der Waals surface area contributed by atoms with E-state index in [4.69, 9.17) is 5.84 Å². The predicted octanol–water partition coefficient (Wildman–Crippen LogP) is 2.73. The van der Waals surface area contributed by atoms with E-state index in [0.717, 1.165) is 5.69 Å². The van der Waals surface area contributed by atoms with Gasteiger partial charge in [-0.25, -0.2) is 9.37 Å². The number of nitrogens with two attached hydrogens (primary N) is 1. The minimum absolute atomic E-state index is 0.325. The highest BCUT2D eigenvalue weighted by molar-refractivity contribution is 9.10. The summed E-state index contributed by atoms with van der Waals surface area (Å²) in [6, 6.07) is 4.93. The van der Waals surface area contributed by atoms with Crippen LogP contribution in [0, 0.1) is 12.7 Å². The average molecular weight is 270 g/mol. The van der Waals surface area contributed by atoms with E-state index < -0.39 is 0 Å². The van der Waals surface area contributed by atoms with Gasteiger partial charge in [0.05, 0.1) is 5.69 Å². The molecule has 0 saturated heterocycles. The highest BCUT2D eigenvalue weighted by Crippen LogP contribution is 2.27. The molecule has 0 amide bonds. The second kappa shape index (κ2) is 3.75. The van der Waals surface area contributed by atoms with E-state index in [1.54, 1.807) is 19.1 Å². The molecule has 0 unspecified atom stereocenters. The largest absolute Gasteiger partial charge is 0.323 e. The number of halogens is 2. The van der Waals surface area contributed by atoms with Crippen molar-refractivity contribution in [1.29, 1.82) is 0 Å². The monoisotopic (exact) mass is 269 g/mol. The standard InChI is InChI=1S/C10H9BrFN3/c1-5-2-9(15-13)7-3-6(11)4-8(12)10(7)14-5/h2-4H,13H2,1H3,(H,14,15). The molecular weight excluding hydrogens is 261 g/mol. The quantitative estimate of drug-likeness (QED) is 0.618. The molecule has 0 radical (unpaired) electrons. The van der Waals surface area contributed by atoms with Crippen LogP contribution in [0.5, 0.6) is 0 Å². The molecule has 1 aromatic heterocycles. The molecule has 0 spiro atoms. The Morgan fingerprint density at radius 2 is 2.13 bits per heavy atom. The van der Waals surface area contributed by atoms with Gasteiger partial charge in [0, 0.05) is 15.6 Å². The normalized spacial score (nSPS) is 10.7. The second-order valence-electron chi connectivity index (χ2n) is 3.24. The molecule has 0 atom stereocenters. The molecule has 0 aliphatic rings. The molecule has 2 aromatic rings. The van der Waals surface area contributed by atoms with Gasteiger partial charge in [0.25, 0.3) is 0 Å². The first kappa shape index (κ1) is 10.3. The molecule has 0 aliphatic carbocycles. The van der Waals surface area contributed by atoms with Crippen molar-refractivity contribution in [1.82, 2.24) is 4.98 Å². The van der Waals surface area contributed by atoms with Gasteiger partial charge in [-0.2, -0.15) is 0 Å². The third kappa shape index (κ3) is 1.80. The van der Waals surface area contributed by atoms with E-state index in [0.29, 0.717) is 21.1 Å².